The lowest BCUT2D eigenvalue weighted by atomic mass is 10.1. The molecule has 0 saturated carbocycles. The summed E-state index contributed by atoms with van der Waals surface area (Å²) < 4.78 is 39.1. The zero-order valence-corrected chi connectivity index (χ0v) is 13.5. The number of unbranched alkanes of at least 4 members (excludes halogenated alkanes) is 1. The smallest absolute Gasteiger partial charge is 0.211 e. The lowest BCUT2D eigenvalue weighted by Gasteiger charge is -2.09. The second kappa shape index (κ2) is 9.12. The second-order valence-electron chi connectivity index (χ2n) is 5.41. The van der Waals surface area contributed by atoms with Gasteiger partial charge in [0.05, 0.1) is 5.75 Å². The van der Waals surface area contributed by atoms with Gasteiger partial charge >= 0.3 is 0 Å². The van der Waals surface area contributed by atoms with Gasteiger partial charge in [-0.15, -0.1) is 0 Å². The van der Waals surface area contributed by atoms with Crippen LogP contribution < -0.4 is 10.0 Å². The first-order chi connectivity index (χ1) is 9.89. The van der Waals surface area contributed by atoms with Gasteiger partial charge in [0.2, 0.25) is 10.0 Å². The summed E-state index contributed by atoms with van der Waals surface area (Å²) in [5, 5.41) is 3.25. The molecular formula is C15H25FN2O2S. The van der Waals surface area contributed by atoms with Crippen molar-refractivity contribution in [1.29, 1.82) is 0 Å². The molecule has 6 heteroatoms. The minimum absolute atomic E-state index is 0.135. The monoisotopic (exact) mass is 316 g/mol. The van der Waals surface area contributed by atoms with Crippen molar-refractivity contribution in [2.24, 2.45) is 0 Å². The third-order valence-corrected chi connectivity index (χ3v) is 4.49. The summed E-state index contributed by atoms with van der Waals surface area (Å²) >= 11 is 0. The summed E-state index contributed by atoms with van der Waals surface area (Å²) in [4.78, 5) is 0. The van der Waals surface area contributed by atoms with Gasteiger partial charge in [0.1, 0.15) is 5.82 Å². The first-order valence-electron chi connectivity index (χ1n) is 7.34. The van der Waals surface area contributed by atoms with Gasteiger partial charge in [-0.2, -0.15) is 0 Å². The van der Waals surface area contributed by atoms with E-state index in [2.05, 4.69) is 23.9 Å². The van der Waals surface area contributed by atoms with Crippen LogP contribution in [-0.2, 0) is 16.4 Å². The molecular weight excluding hydrogens is 291 g/mol. The highest BCUT2D eigenvalue weighted by Crippen LogP contribution is 2.04. The molecule has 21 heavy (non-hydrogen) atoms. The summed E-state index contributed by atoms with van der Waals surface area (Å²) in [6, 6.07) is 6.63. The van der Waals surface area contributed by atoms with E-state index in [0.717, 1.165) is 18.5 Å². The molecule has 0 spiro atoms. The molecule has 1 aromatic rings. The van der Waals surface area contributed by atoms with Gasteiger partial charge in [0.25, 0.3) is 0 Å². The highest BCUT2D eigenvalue weighted by molar-refractivity contribution is 7.89. The number of benzene rings is 1. The molecule has 0 aliphatic rings. The average molecular weight is 316 g/mol. The van der Waals surface area contributed by atoms with Gasteiger partial charge in [0.15, 0.2) is 0 Å². The maximum atomic E-state index is 13.0. The van der Waals surface area contributed by atoms with Crippen molar-refractivity contribution >= 4 is 10.0 Å². The lowest BCUT2D eigenvalue weighted by Crippen LogP contribution is -2.29. The van der Waals surface area contributed by atoms with E-state index in [1.54, 1.807) is 12.1 Å². The first-order valence-corrected chi connectivity index (χ1v) is 8.99. The van der Waals surface area contributed by atoms with Crippen molar-refractivity contribution < 1.29 is 12.8 Å². The number of hydrogen-bond donors (Lipinski definition) is 2. The van der Waals surface area contributed by atoms with Crippen LogP contribution in [0.15, 0.2) is 24.3 Å². The van der Waals surface area contributed by atoms with Crippen LogP contribution in [0.25, 0.3) is 0 Å². The zero-order valence-electron chi connectivity index (χ0n) is 12.7. The predicted molar refractivity (Wildman–Crippen MR) is 84.3 cm³/mol. The summed E-state index contributed by atoms with van der Waals surface area (Å²) in [5.41, 5.74) is 0.791. The van der Waals surface area contributed by atoms with E-state index in [-0.39, 0.29) is 11.6 Å². The SMILES string of the molecule is CC(C)NCCCCS(=O)(=O)NCCc1cccc(F)c1. The Morgan fingerprint density at radius 1 is 1.19 bits per heavy atom. The van der Waals surface area contributed by atoms with Gasteiger partial charge in [-0.25, -0.2) is 17.5 Å². The molecule has 0 atom stereocenters. The quantitative estimate of drug-likeness (QED) is 0.650. The van der Waals surface area contributed by atoms with Gasteiger partial charge in [-0.05, 0) is 43.5 Å². The summed E-state index contributed by atoms with van der Waals surface area (Å²) in [5.74, 6) is -0.163. The van der Waals surface area contributed by atoms with Crippen LogP contribution >= 0.6 is 0 Å². The number of halogens is 1. The Morgan fingerprint density at radius 2 is 1.95 bits per heavy atom. The van der Waals surface area contributed by atoms with Crippen molar-refractivity contribution in [3.63, 3.8) is 0 Å². The molecule has 4 nitrogen and oxygen atoms in total. The van der Waals surface area contributed by atoms with E-state index in [1.165, 1.54) is 12.1 Å². The molecule has 0 aliphatic heterocycles. The summed E-state index contributed by atoms with van der Waals surface area (Å²) in [6.07, 6.45) is 1.96. The molecule has 0 fully saturated rings. The van der Waals surface area contributed by atoms with E-state index in [0.29, 0.717) is 25.4 Å². The maximum Gasteiger partial charge on any atom is 0.211 e. The van der Waals surface area contributed by atoms with Gasteiger partial charge in [-0.3, -0.25) is 0 Å². The molecule has 2 N–H and O–H groups in total. The normalized spacial score (nSPS) is 12.0. The second-order valence-corrected chi connectivity index (χ2v) is 7.34. The molecule has 0 bridgehead atoms. The van der Waals surface area contributed by atoms with Gasteiger partial charge in [0, 0.05) is 12.6 Å². The fourth-order valence-electron chi connectivity index (χ4n) is 1.92. The Balaban J connectivity index is 2.20. The lowest BCUT2D eigenvalue weighted by molar-refractivity contribution is 0.555. The maximum absolute atomic E-state index is 13.0. The average Bonchev–Trinajstić information content (AvgIpc) is 2.37. The van der Waals surface area contributed by atoms with Gasteiger partial charge in [-0.1, -0.05) is 26.0 Å². The van der Waals surface area contributed by atoms with Crippen molar-refractivity contribution in [2.45, 2.75) is 39.2 Å². The third-order valence-electron chi connectivity index (χ3n) is 3.02. The van der Waals surface area contributed by atoms with E-state index in [1.807, 2.05) is 0 Å². The molecule has 1 aromatic carbocycles. The number of rotatable bonds is 10. The van der Waals surface area contributed by atoms with E-state index in [9.17, 15) is 12.8 Å². The predicted octanol–water partition coefficient (Wildman–Crippen LogP) is 2.07. The van der Waals surface area contributed by atoms with E-state index >= 15 is 0 Å². The topological polar surface area (TPSA) is 58.2 Å². The zero-order chi connectivity index (χ0) is 15.7. The molecule has 1 rings (SSSR count). The fraction of sp³-hybridized carbons (Fsp3) is 0.600. The van der Waals surface area contributed by atoms with Crippen molar-refractivity contribution in [2.75, 3.05) is 18.8 Å². The van der Waals surface area contributed by atoms with Crippen LogP contribution in [0.2, 0.25) is 0 Å². The Morgan fingerprint density at radius 3 is 2.62 bits per heavy atom. The van der Waals surface area contributed by atoms with Crippen LogP contribution in [0.3, 0.4) is 0 Å². The largest absolute Gasteiger partial charge is 0.315 e. The van der Waals surface area contributed by atoms with Crippen molar-refractivity contribution in [3.8, 4) is 0 Å². The molecule has 0 heterocycles. The van der Waals surface area contributed by atoms with E-state index < -0.39 is 10.0 Å². The minimum Gasteiger partial charge on any atom is -0.315 e. The van der Waals surface area contributed by atoms with Crippen molar-refractivity contribution in [1.82, 2.24) is 10.0 Å². The van der Waals surface area contributed by atoms with E-state index in [4.69, 9.17) is 0 Å². The Hall–Kier alpha value is -0.980. The standard InChI is InChI=1S/C15H25FN2O2S/c1-13(2)17-9-3-4-11-21(19,20)18-10-8-14-6-5-7-15(16)12-14/h5-7,12-13,17-18H,3-4,8-11H2,1-2H3. The Kier molecular flexibility index (Phi) is 7.85. The number of sulfonamides is 1. The van der Waals surface area contributed by atoms with Gasteiger partial charge < -0.3 is 5.32 Å². The van der Waals surface area contributed by atoms with Crippen LogP contribution in [-0.4, -0.2) is 33.3 Å². The highest BCUT2D eigenvalue weighted by atomic mass is 32.2. The molecule has 0 unspecified atom stereocenters. The molecule has 0 aliphatic carbocycles. The molecule has 0 aromatic heterocycles. The molecule has 0 saturated heterocycles. The van der Waals surface area contributed by atoms with Crippen molar-refractivity contribution in [3.05, 3.63) is 35.6 Å². The first kappa shape index (κ1) is 18.1. The third kappa shape index (κ3) is 8.80. The summed E-state index contributed by atoms with van der Waals surface area (Å²) in [6.45, 7) is 5.25. The number of nitrogens with one attached hydrogen (secondary N) is 2. The highest BCUT2D eigenvalue weighted by Gasteiger charge is 2.09. The number of hydrogen-bond acceptors (Lipinski definition) is 3. The van der Waals surface area contributed by atoms with Crippen LogP contribution in [0, 0.1) is 5.82 Å². The Labute approximate surface area is 127 Å². The molecule has 120 valence electrons. The van der Waals surface area contributed by atoms with Crippen LogP contribution in [0.1, 0.15) is 32.3 Å². The fourth-order valence-corrected chi connectivity index (χ4v) is 3.06. The molecule has 0 radical (unpaired) electrons. The summed E-state index contributed by atoms with van der Waals surface area (Å²) in [7, 11) is -3.23. The minimum atomic E-state index is -3.23. The van der Waals surface area contributed by atoms with Crippen LogP contribution in [0.4, 0.5) is 4.39 Å². The van der Waals surface area contributed by atoms with Crippen LogP contribution in [0.5, 0.6) is 0 Å². The Bertz CT molecular complexity index is 518. The molecule has 0 amide bonds.